The van der Waals surface area contributed by atoms with Crippen LogP contribution >= 0.6 is 0 Å². The first kappa shape index (κ1) is 15.9. The monoisotopic (exact) mass is 258 g/mol. The van der Waals surface area contributed by atoms with Crippen LogP contribution in [0.15, 0.2) is 0 Å². The molecule has 1 atom stereocenters. The van der Waals surface area contributed by atoms with Gasteiger partial charge in [0.25, 0.3) is 0 Å². The molecule has 0 saturated carbocycles. The highest BCUT2D eigenvalue weighted by Gasteiger charge is 2.39. The quantitative estimate of drug-likeness (QED) is 0.719. The number of nitrogens with two attached hydrogens (primary N) is 1. The van der Waals surface area contributed by atoms with Gasteiger partial charge in [0, 0.05) is 32.8 Å². The van der Waals surface area contributed by atoms with E-state index in [-0.39, 0.29) is 5.54 Å². The van der Waals surface area contributed by atoms with Gasteiger partial charge >= 0.3 is 0 Å². The minimum absolute atomic E-state index is 0.0213. The first-order chi connectivity index (χ1) is 8.74. The highest BCUT2D eigenvalue weighted by molar-refractivity contribution is 4.96. The van der Waals surface area contributed by atoms with E-state index in [1.165, 1.54) is 0 Å². The lowest BCUT2D eigenvalue weighted by molar-refractivity contribution is -0.0713. The van der Waals surface area contributed by atoms with Crippen LogP contribution in [0.1, 0.15) is 39.5 Å². The molecule has 1 unspecified atom stereocenters. The van der Waals surface area contributed by atoms with Crippen LogP contribution in [0.2, 0.25) is 0 Å². The molecule has 18 heavy (non-hydrogen) atoms. The minimum atomic E-state index is 0.0213. The van der Waals surface area contributed by atoms with Gasteiger partial charge in [0.1, 0.15) is 0 Å². The molecule has 0 bridgehead atoms. The highest BCUT2D eigenvalue weighted by Crippen LogP contribution is 2.29. The molecule has 1 heterocycles. The molecule has 0 radical (unpaired) electrons. The first-order valence-electron chi connectivity index (χ1n) is 7.27. The third-order valence-corrected chi connectivity index (χ3v) is 4.21. The van der Waals surface area contributed by atoms with Gasteiger partial charge in [0.2, 0.25) is 0 Å². The molecule has 0 aromatic rings. The largest absolute Gasteiger partial charge is 0.383 e. The predicted octanol–water partition coefficient (Wildman–Crippen LogP) is 1.63. The zero-order valence-electron chi connectivity index (χ0n) is 12.3. The van der Waals surface area contributed by atoms with E-state index >= 15 is 0 Å². The molecule has 4 heteroatoms. The molecular formula is C14H30N2O2. The Morgan fingerprint density at radius 3 is 2.56 bits per heavy atom. The number of hydrogen-bond acceptors (Lipinski definition) is 4. The Kier molecular flexibility index (Phi) is 7.15. The highest BCUT2D eigenvalue weighted by atomic mass is 16.5. The van der Waals surface area contributed by atoms with Crippen molar-refractivity contribution < 1.29 is 9.47 Å². The van der Waals surface area contributed by atoms with Crippen LogP contribution in [-0.2, 0) is 9.47 Å². The number of ether oxygens (including phenoxy) is 2. The van der Waals surface area contributed by atoms with Crippen molar-refractivity contribution >= 4 is 0 Å². The summed E-state index contributed by atoms with van der Waals surface area (Å²) < 4.78 is 11.0. The van der Waals surface area contributed by atoms with Crippen molar-refractivity contribution in [2.24, 2.45) is 5.73 Å². The van der Waals surface area contributed by atoms with E-state index in [9.17, 15) is 0 Å². The number of hydrogen-bond donors (Lipinski definition) is 1. The summed E-state index contributed by atoms with van der Waals surface area (Å²) in [5.41, 5.74) is 6.12. The fraction of sp³-hybridized carbons (Fsp3) is 1.00. The second-order valence-electron chi connectivity index (χ2n) is 5.24. The molecule has 1 aliphatic rings. The van der Waals surface area contributed by atoms with Gasteiger partial charge in [0.15, 0.2) is 0 Å². The smallest absolute Gasteiger partial charge is 0.0662 e. The molecule has 2 N–H and O–H groups in total. The van der Waals surface area contributed by atoms with Crippen molar-refractivity contribution in [3.63, 3.8) is 0 Å². The summed E-state index contributed by atoms with van der Waals surface area (Å²) >= 11 is 0. The van der Waals surface area contributed by atoms with Crippen LogP contribution in [0.4, 0.5) is 0 Å². The van der Waals surface area contributed by atoms with Crippen molar-refractivity contribution in [3.05, 3.63) is 0 Å². The summed E-state index contributed by atoms with van der Waals surface area (Å²) in [6.07, 6.45) is 4.56. The van der Waals surface area contributed by atoms with E-state index in [1.54, 1.807) is 7.11 Å². The zero-order chi connectivity index (χ0) is 13.4. The summed E-state index contributed by atoms with van der Waals surface area (Å²) in [6, 6.07) is 0.574. The second kappa shape index (κ2) is 8.10. The van der Waals surface area contributed by atoms with Crippen LogP contribution in [0.3, 0.4) is 0 Å². The Bertz CT molecular complexity index is 214. The second-order valence-corrected chi connectivity index (χ2v) is 5.24. The summed E-state index contributed by atoms with van der Waals surface area (Å²) in [6.45, 7) is 8.53. The third kappa shape index (κ3) is 3.67. The number of nitrogens with zero attached hydrogens (tertiary/aromatic N) is 1. The van der Waals surface area contributed by atoms with Crippen molar-refractivity contribution in [2.75, 3.05) is 40.0 Å². The van der Waals surface area contributed by atoms with Crippen LogP contribution < -0.4 is 5.73 Å². The lowest BCUT2D eigenvalue weighted by Gasteiger charge is -2.49. The molecule has 1 aliphatic heterocycles. The van der Waals surface area contributed by atoms with Gasteiger partial charge in [-0.05, 0) is 25.7 Å². The Balaban J connectivity index is 2.82. The number of rotatable bonds is 8. The molecule has 108 valence electrons. The van der Waals surface area contributed by atoms with Crippen LogP contribution in [0, 0.1) is 0 Å². The van der Waals surface area contributed by atoms with Gasteiger partial charge in [-0.2, -0.15) is 0 Å². The van der Waals surface area contributed by atoms with Gasteiger partial charge < -0.3 is 15.2 Å². The van der Waals surface area contributed by atoms with E-state index in [0.29, 0.717) is 12.6 Å². The average molecular weight is 258 g/mol. The fourth-order valence-electron chi connectivity index (χ4n) is 3.07. The predicted molar refractivity (Wildman–Crippen MR) is 74.8 cm³/mol. The molecule has 4 nitrogen and oxygen atoms in total. The maximum atomic E-state index is 6.10. The van der Waals surface area contributed by atoms with Crippen LogP contribution in [-0.4, -0.2) is 56.5 Å². The maximum Gasteiger partial charge on any atom is 0.0662 e. The molecular weight excluding hydrogens is 228 g/mol. The molecule has 0 aromatic heterocycles. The Labute approximate surface area is 112 Å². The average Bonchev–Trinajstić information content (AvgIpc) is 2.44. The SMILES string of the molecule is CCC(CC)N(CCOC)C1(CN)CCCOC1. The van der Waals surface area contributed by atoms with Gasteiger partial charge in [0.05, 0.1) is 18.8 Å². The van der Waals surface area contributed by atoms with E-state index in [1.807, 2.05) is 0 Å². The van der Waals surface area contributed by atoms with E-state index < -0.39 is 0 Å². The lowest BCUT2D eigenvalue weighted by atomic mass is 9.88. The summed E-state index contributed by atoms with van der Waals surface area (Å²) in [7, 11) is 1.76. The molecule has 0 spiro atoms. The normalized spacial score (nSPS) is 25.0. The van der Waals surface area contributed by atoms with Crippen LogP contribution in [0.25, 0.3) is 0 Å². The van der Waals surface area contributed by atoms with Gasteiger partial charge in [-0.1, -0.05) is 13.8 Å². The van der Waals surface area contributed by atoms with Crippen molar-refractivity contribution in [1.29, 1.82) is 0 Å². The molecule has 0 aromatic carbocycles. The molecule has 0 aliphatic carbocycles. The van der Waals surface area contributed by atoms with Gasteiger partial charge in [-0.15, -0.1) is 0 Å². The molecule has 1 fully saturated rings. The Morgan fingerprint density at radius 1 is 1.39 bits per heavy atom. The molecule has 1 rings (SSSR count). The van der Waals surface area contributed by atoms with Crippen LogP contribution in [0.5, 0.6) is 0 Å². The van der Waals surface area contributed by atoms with Gasteiger partial charge in [-0.25, -0.2) is 0 Å². The number of methoxy groups -OCH3 is 1. The maximum absolute atomic E-state index is 6.10. The Morgan fingerprint density at radius 2 is 2.11 bits per heavy atom. The minimum Gasteiger partial charge on any atom is -0.383 e. The first-order valence-corrected chi connectivity index (χ1v) is 7.27. The molecule has 0 amide bonds. The van der Waals surface area contributed by atoms with Gasteiger partial charge in [-0.3, -0.25) is 4.90 Å². The Hall–Kier alpha value is -0.160. The van der Waals surface area contributed by atoms with E-state index in [4.69, 9.17) is 15.2 Å². The fourth-order valence-corrected chi connectivity index (χ4v) is 3.07. The summed E-state index contributed by atoms with van der Waals surface area (Å²) in [5, 5.41) is 0. The van der Waals surface area contributed by atoms with E-state index in [0.717, 1.165) is 52.0 Å². The summed E-state index contributed by atoms with van der Waals surface area (Å²) in [5.74, 6) is 0. The zero-order valence-corrected chi connectivity index (χ0v) is 12.3. The third-order valence-electron chi connectivity index (χ3n) is 4.21. The van der Waals surface area contributed by atoms with Crippen molar-refractivity contribution in [2.45, 2.75) is 51.1 Å². The standard InChI is InChI=1S/C14H30N2O2/c1-4-13(5-2)16(8-10-17-3)14(11-15)7-6-9-18-12-14/h13H,4-12,15H2,1-3H3. The summed E-state index contributed by atoms with van der Waals surface area (Å²) in [4.78, 5) is 2.55. The van der Waals surface area contributed by atoms with E-state index in [2.05, 4.69) is 18.7 Å². The van der Waals surface area contributed by atoms with Crippen molar-refractivity contribution in [3.8, 4) is 0 Å². The topological polar surface area (TPSA) is 47.7 Å². The lowest BCUT2D eigenvalue weighted by Crippen LogP contribution is -2.62. The molecule has 1 saturated heterocycles. The van der Waals surface area contributed by atoms with Crippen molar-refractivity contribution in [1.82, 2.24) is 4.90 Å².